The van der Waals surface area contributed by atoms with Gasteiger partial charge in [0.25, 0.3) is 5.91 Å². The Labute approximate surface area is 123 Å². The predicted octanol–water partition coefficient (Wildman–Crippen LogP) is 0.241. The third-order valence-electron chi connectivity index (χ3n) is 3.98. The molecular weight excluding hydrogens is 270 g/mol. The van der Waals surface area contributed by atoms with E-state index in [4.69, 9.17) is 10.5 Å². The minimum absolute atomic E-state index is 0.0856. The number of nitrogens with one attached hydrogen (secondary N) is 1. The van der Waals surface area contributed by atoms with Crippen LogP contribution in [0.2, 0.25) is 0 Å². The first-order chi connectivity index (χ1) is 10.2. The number of hydrogen-bond donors (Lipinski definition) is 2. The molecule has 0 aromatic carbocycles. The molecule has 2 fully saturated rings. The molecule has 1 aliphatic carbocycles. The van der Waals surface area contributed by atoms with E-state index in [0.29, 0.717) is 43.9 Å². The fourth-order valence-corrected chi connectivity index (χ4v) is 2.82. The van der Waals surface area contributed by atoms with Gasteiger partial charge in [-0.3, -0.25) is 9.78 Å². The summed E-state index contributed by atoms with van der Waals surface area (Å²) in [5, 5.41) is 3.32. The molecule has 2 atom stereocenters. The first-order valence-corrected chi connectivity index (χ1v) is 7.43. The van der Waals surface area contributed by atoms with Gasteiger partial charge < -0.3 is 20.7 Å². The fraction of sp³-hybridized carbons (Fsp3) is 0.643. The van der Waals surface area contributed by atoms with Crippen molar-refractivity contribution >= 4 is 11.7 Å². The van der Waals surface area contributed by atoms with Crippen LogP contribution in [-0.4, -0.2) is 59.2 Å². The molecule has 3 rings (SSSR count). The molecule has 1 saturated heterocycles. The standard InChI is InChI=1S/C14H21N5O2/c15-10-1-2-11(7-10)17-13-9-16-8-12(18-13)14(20)19-3-5-21-6-4-19/h8-11H,1-7,15H2,(H,17,18)/t10-,11-/m0/s1. The number of hydrogen-bond acceptors (Lipinski definition) is 6. The van der Waals surface area contributed by atoms with E-state index in [0.717, 1.165) is 19.3 Å². The molecule has 3 N–H and O–H groups in total. The van der Waals surface area contributed by atoms with Crippen LogP contribution in [0.15, 0.2) is 12.4 Å². The molecule has 21 heavy (non-hydrogen) atoms. The average molecular weight is 291 g/mol. The maximum Gasteiger partial charge on any atom is 0.274 e. The Hall–Kier alpha value is -1.73. The molecule has 1 amide bonds. The Morgan fingerprint density at radius 2 is 2.14 bits per heavy atom. The van der Waals surface area contributed by atoms with Gasteiger partial charge >= 0.3 is 0 Å². The highest BCUT2D eigenvalue weighted by molar-refractivity contribution is 5.92. The molecule has 0 radical (unpaired) electrons. The summed E-state index contributed by atoms with van der Waals surface area (Å²) in [6.07, 6.45) is 6.16. The van der Waals surface area contributed by atoms with E-state index in [1.54, 1.807) is 11.1 Å². The van der Waals surface area contributed by atoms with Gasteiger partial charge in [-0.15, -0.1) is 0 Å². The average Bonchev–Trinajstić information content (AvgIpc) is 2.93. The van der Waals surface area contributed by atoms with E-state index in [2.05, 4.69) is 15.3 Å². The number of anilines is 1. The van der Waals surface area contributed by atoms with Crippen molar-refractivity contribution in [2.45, 2.75) is 31.3 Å². The minimum Gasteiger partial charge on any atom is -0.378 e. The molecule has 2 heterocycles. The molecule has 0 bridgehead atoms. The second-order valence-corrected chi connectivity index (χ2v) is 5.61. The van der Waals surface area contributed by atoms with E-state index in [-0.39, 0.29) is 11.9 Å². The lowest BCUT2D eigenvalue weighted by Crippen LogP contribution is -2.41. The zero-order valence-electron chi connectivity index (χ0n) is 12.0. The van der Waals surface area contributed by atoms with Crippen LogP contribution in [0.3, 0.4) is 0 Å². The highest BCUT2D eigenvalue weighted by Crippen LogP contribution is 2.20. The summed E-state index contributed by atoms with van der Waals surface area (Å²) in [6.45, 7) is 2.37. The van der Waals surface area contributed by atoms with Crippen LogP contribution in [0.25, 0.3) is 0 Å². The smallest absolute Gasteiger partial charge is 0.274 e. The molecular formula is C14H21N5O2. The zero-order chi connectivity index (χ0) is 14.7. The molecule has 1 saturated carbocycles. The first-order valence-electron chi connectivity index (χ1n) is 7.43. The fourth-order valence-electron chi connectivity index (χ4n) is 2.82. The van der Waals surface area contributed by atoms with Crippen molar-refractivity contribution < 1.29 is 9.53 Å². The molecule has 7 nitrogen and oxygen atoms in total. The Balaban J connectivity index is 1.66. The summed E-state index contributed by atoms with van der Waals surface area (Å²) < 4.78 is 5.25. The molecule has 1 aliphatic heterocycles. The lowest BCUT2D eigenvalue weighted by molar-refractivity contribution is 0.0299. The van der Waals surface area contributed by atoms with Crippen molar-refractivity contribution in [1.82, 2.24) is 14.9 Å². The van der Waals surface area contributed by atoms with Crippen LogP contribution >= 0.6 is 0 Å². The maximum absolute atomic E-state index is 12.4. The van der Waals surface area contributed by atoms with Crippen molar-refractivity contribution in [2.75, 3.05) is 31.6 Å². The second-order valence-electron chi connectivity index (χ2n) is 5.61. The van der Waals surface area contributed by atoms with Crippen molar-refractivity contribution in [3.8, 4) is 0 Å². The van der Waals surface area contributed by atoms with E-state index in [1.165, 1.54) is 6.20 Å². The van der Waals surface area contributed by atoms with Crippen molar-refractivity contribution in [3.05, 3.63) is 18.1 Å². The third-order valence-corrected chi connectivity index (χ3v) is 3.98. The Morgan fingerprint density at radius 3 is 2.86 bits per heavy atom. The van der Waals surface area contributed by atoms with Crippen LogP contribution in [0.1, 0.15) is 29.8 Å². The van der Waals surface area contributed by atoms with Crippen LogP contribution in [0.5, 0.6) is 0 Å². The molecule has 0 spiro atoms. The summed E-state index contributed by atoms with van der Waals surface area (Å²) in [5.41, 5.74) is 6.28. The minimum atomic E-state index is -0.0856. The predicted molar refractivity (Wildman–Crippen MR) is 78.0 cm³/mol. The van der Waals surface area contributed by atoms with Gasteiger partial charge in [0.2, 0.25) is 0 Å². The molecule has 7 heteroatoms. The first kappa shape index (κ1) is 14.2. The summed E-state index contributed by atoms with van der Waals surface area (Å²) in [4.78, 5) is 22.6. The Bertz CT molecular complexity index is 504. The number of aromatic nitrogens is 2. The van der Waals surface area contributed by atoms with Crippen molar-refractivity contribution in [1.29, 1.82) is 0 Å². The van der Waals surface area contributed by atoms with Crippen LogP contribution in [0, 0.1) is 0 Å². The molecule has 1 aromatic rings. The number of amides is 1. The van der Waals surface area contributed by atoms with Crippen molar-refractivity contribution in [3.63, 3.8) is 0 Å². The second kappa shape index (κ2) is 6.36. The zero-order valence-corrected chi connectivity index (χ0v) is 12.0. The van der Waals surface area contributed by atoms with Gasteiger partial charge in [-0.2, -0.15) is 0 Å². The Kier molecular flexibility index (Phi) is 4.31. The van der Waals surface area contributed by atoms with E-state index < -0.39 is 0 Å². The normalized spacial score (nSPS) is 25.9. The van der Waals surface area contributed by atoms with Gasteiger partial charge in [-0.1, -0.05) is 0 Å². The summed E-state index contributed by atoms with van der Waals surface area (Å²) in [7, 11) is 0. The number of carbonyl (C=O) groups excluding carboxylic acids is 1. The van der Waals surface area contributed by atoms with Gasteiger partial charge in [0, 0.05) is 25.2 Å². The SMILES string of the molecule is N[C@H]1CC[C@H](Nc2cncc(C(=O)N3CCOCC3)n2)C1. The summed E-state index contributed by atoms with van der Waals surface area (Å²) >= 11 is 0. The molecule has 1 aromatic heterocycles. The number of morpholine rings is 1. The highest BCUT2D eigenvalue weighted by atomic mass is 16.5. The molecule has 2 aliphatic rings. The highest BCUT2D eigenvalue weighted by Gasteiger charge is 2.23. The van der Waals surface area contributed by atoms with Gasteiger partial charge in [0.1, 0.15) is 11.5 Å². The van der Waals surface area contributed by atoms with Crippen molar-refractivity contribution in [2.24, 2.45) is 5.73 Å². The number of nitrogens with two attached hydrogens (primary N) is 1. The lowest BCUT2D eigenvalue weighted by Gasteiger charge is -2.26. The van der Waals surface area contributed by atoms with E-state index in [9.17, 15) is 4.79 Å². The number of nitrogens with zero attached hydrogens (tertiary/aromatic N) is 3. The van der Waals surface area contributed by atoms with Crippen LogP contribution in [0.4, 0.5) is 5.82 Å². The van der Waals surface area contributed by atoms with E-state index >= 15 is 0 Å². The lowest BCUT2D eigenvalue weighted by atomic mass is 10.2. The quantitative estimate of drug-likeness (QED) is 0.828. The number of rotatable bonds is 3. The van der Waals surface area contributed by atoms with Gasteiger partial charge in [0.15, 0.2) is 0 Å². The third kappa shape index (κ3) is 3.48. The van der Waals surface area contributed by atoms with Crippen LogP contribution in [-0.2, 0) is 4.74 Å². The molecule has 114 valence electrons. The monoisotopic (exact) mass is 291 g/mol. The van der Waals surface area contributed by atoms with Gasteiger partial charge in [0.05, 0.1) is 25.6 Å². The number of carbonyl (C=O) groups is 1. The van der Waals surface area contributed by atoms with E-state index in [1.807, 2.05) is 0 Å². The largest absolute Gasteiger partial charge is 0.378 e. The topological polar surface area (TPSA) is 93.4 Å². The van der Waals surface area contributed by atoms with Crippen LogP contribution < -0.4 is 11.1 Å². The summed E-state index contributed by atoms with van der Waals surface area (Å²) in [6, 6.07) is 0.580. The Morgan fingerprint density at radius 1 is 1.33 bits per heavy atom. The maximum atomic E-state index is 12.4. The number of ether oxygens (including phenoxy) is 1. The summed E-state index contributed by atoms with van der Waals surface area (Å²) in [5.74, 6) is 0.561. The van der Waals surface area contributed by atoms with Gasteiger partial charge in [-0.05, 0) is 19.3 Å². The molecule has 0 unspecified atom stereocenters. The van der Waals surface area contributed by atoms with Gasteiger partial charge in [-0.25, -0.2) is 4.98 Å².